The second kappa shape index (κ2) is 14.2. The molecule has 2 rings (SSSR count). The van der Waals surface area contributed by atoms with Crippen LogP contribution in [-0.4, -0.2) is 13.2 Å². The largest absolute Gasteiger partial charge is 0.675 e. The molecule has 1 aromatic rings. The van der Waals surface area contributed by atoms with Crippen LogP contribution in [0.2, 0.25) is 0 Å². The fourth-order valence-electron chi connectivity index (χ4n) is 1.89. The number of halogens is 2. The number of hydrogen-bond donors (Lipinski definition) is 0. The Kier molecular flexibility index (Phi) is 14.3. The van der Waals surface area contributed by atoms with Crippen molar-refractivity contribution in [2.75, 3.05) is 7.11 Å². The van der Waals surface area contributed by atoms with Gasteiger partial charge in [-0.1, -0.05) is 49.8 Å². The molecule has 0 radical (unpaired) electrons. The van der Waals surface area contributed by atoms with Crippen LogP contribution in [0.3, 0.4) is 0 Å². The Hall–Kier alpha value is 0.208. The molecule has 1 saturated carbocycles. The van der Waals surface area contributed by atoms with Crippen LogP contribution in [-0.2, 0) is 23.0 Å². The van der Waals surface area contributed by atoms with Gasteiger partial charge in [0.2, 0.25) is 0 Å². The molecule has 0 unspecified atom stereocenters. The molecule has 3 nitrogen and oxygen atoms in total. The van der Waals surface area contributed by atoms with Gasteiger partial charge in [-0.2, -0.15) is 0 Å². The van der Waals surface area contributed by atoms with E-state index >= 15 is 0 Å². The molecule has 6 heteroatoms. The number of methoxy groups -OCH3 is 1. The van der Waals surface area contributed by atoms with Crippen LogP contribution in [0.15, 0.2) is 24.3 Å². The first-order valence-corrected chi connectivity index (χ1v) is 12.1. The zero-order valence-electron chi connectivity index (χ0n) is 11.6. The summed E-state index contributed by atoms with van der Waals surface area (Å²) in [5.41, 5.74) is 15.3. The van der Waals surface area contributed by atoms with Gasteiger partial charge >= 0.3 is 35.3 Å². The molecule has 0 aliphatic heterocycles. The Labute approximate surface area is 138 Å². The number of rotatable bonds is 2. The van der Waals surface area contributed by atoms with Gasteiger partial charge in [0.15, 0.2) is 0 Å². The van der Waals surface area contributed by atoms with Crippen molar-refractivity contribution >= 4 is 18.8 Å². The van der Waals surface area contributed by atoms with Crippen LogP contribution >= 0.6 is 18.8 Å². The third-order valence-electron chi connectivity index (χ3n) is 2.94. The molecule has 20 heavy (non-hydrogen) atoms. The number of nitrogens with one attached hydrogen (secondary N) is 2. The van der Waals surface area contributed by atoms with Crippen molar-refractivity contribution in [3.8, 4) is 5.75 Å². The molecule has 1 aliphatic carbocycles. The van der Waals surface area contributed by atoms with Crippen LogP contribution in [0.5, 0.6) is 5.75 Å². The van der Waals surface area contributed by atoms with Crippen LogP contribution in [0, 0.1) is 0 Å². The van der Waals surface area contributed by atoms with E-state index in [-0.39, 0.29) is 6.04 Å². The average Bonchev–Trinajstić information content (AvgIpc) is 2.49. The standard InChI is InChI=1S/C8H10NO.C6H12N.2ClH.Pt/c1-10-8-4-2-3-7(5-8)6-9;7-6-4-2-1-3-5-6;;;/h2-5,9H,6H2,1H3;6-7H,1-5H2;2*1H;/q2*-1;;;+4/p-2. The average molecular weight is 500 g/mol. The van der Waals surface area contributed by atoms with Gasteiger partial charge in [0.05, 0.1) is 7.11 Å². The molecule has 1 aromatic carbocycles. The minimum absolute atomic E-state index is 0.286. The third-order valence-corrected chi connectivity index (χ3v) is 2.94. The van der Waals surface area contributed by atoms with Gasteiger partial charge in [0.1, 0.15) is 5.75 Å². The fraction of sp³-hybridized carbons (Fsp3) is 0.571. The van der Waals surface area contributed by atoms with Crippen molar-refractivity contribution < 1.29 is 21.2 Å². The van der Waals surface area contributed by atoms with Crippen molar-refractivity contribution in [3.05, 3.63) is 41.3 Å². The molecule has 0 bridgehead atoms. The molecule has 0 aromatic heterocycles. The number of hydrogen-bond acceptors (Lipinski definition) is 1. The van der Waals surface area contributed by atoms with E-state index < -0.39 is 16.5 Å². The zero-order chi connectivity index (χ0) is 15.2. The van der Waals surface area contributed by atoms with Gasteiger partial charge < -0.3 is 16.2 Å². The number of ether oxygens (including phenoxy) is 1. The van der Waals surface area contributed by atoms with E-state index in [1.807, 2.05) is 24.3 Å². The normalized spacial score (nSPS) is 14.7. The first-order valence-electron chi connectivity index (χ1n) is 6.49. The van der Waals surface area contributed by atoms with Crippen LogP contribution in [0.25, 0.3) is 11.5 Å². The van der Waals surface area contributed by atoms with E-state index in [2.05, 4.69) is 0 Å². The third kappa shape index (κ3) is 10.9. The summed E-state index contributed by atoms with van der Waals surface area (Å²) in [5.74, 6) is 0.824. The smallest absolute Gasteiger partial charge is 0.0534 e. The van der Waals surface area contributed by atoms with Gasteiger partial charge in [-0.25, -0.2) is 0 Å². The summed E-state index contributed by atoms with van der Waals surface area (Å²) < 4.78 is 4.97. The Bertz CT molecular complexity index is 317. The molecule has 0 saturated heterocycles. The Balaban J connectivity index is 0.000000315. The van der Waals surface area contributed by atoms with Gasteiger partial charge in [-0.3, -0.25) is 0 Å². The molecule has 118 valence electrons. The van der Waals surface area contributed by atoms with E-state index in [9.17, 15) is 0 Å². The fourth-order valence-corrected chi connectivity index (χ4v) is 1.89. The minimum atomic E-state index is -0.472. The first-order chi connectivity index (χ1) is 9.67. The summed E-state index contributed by atoms with van der Waals surface area (Å²) in [6, 6.07) is 7.83. The Morgan fingerprint density at radius 1 is 1.25 bits per heavy atom. The van der Waals surface area contributed by atoms with E-state index in [4.69, 9.17) is 35.0 Å². The second-order valence-corrected chi connectivity index (χ2v) is 7.69. The maximum atomic E-state index is 7.27. The van der Waals surface area contributed by atoms with Crippen molar-refractivity contribution in [1.82, 2.24) is 0 Å². The van der Waals surface area contributed by atoms with Crippen molar-refractivity contribution in [3.63, 3.8) is 0 Å². The Morgan fingerprint density at radius 2 is 1.85 bits per heavy atom. The summed E-state index contributed by atoms with van der Waals surface area (Å²) in [5, 5.41) is 0. The first kappa shape index (κ1) is 20.2. The van der Waals surface area contributed by atoms with Gasteiger partial charge in [0, 0.05) is 0 Å². The van der Waals surface area contributed by atoms with Gasteiger partial charge in [-0.15, -0.1) is 12.6 Å². The SMILES string of the molecule is COc1cccc(C[NH-])c1.[Cl][Pt+2][Cl].[NH-]C1CCCCC1. The predicted molar refractivity (Wildman–Crippen MR) is 83.9 cm³/mol. The second-order valence-electron chi connectivity index (χ2n) is 4.41. The van der Waals surface area contributed by atoms with E-state index in [0.717, 1.165) is 24.2 Å². The summed E-state index contributed by atoms with van der Waals surface area (Å²) in [4.78, 5) is 0. The van der Waals surface area contributed by atoms with Crippen LogP contribution < -0.4 is 4.74 Å². The van der Waals surface area contributed by atoms with Crippen molar-refractivity contribution in [2.45, 2.75) is 44.7 Å². The maximum Gasteiger partial charge on any atom is -0.0534 e. The Morgan fingerprint density at radius 3 is 2.25 bits per heavy atom. The van der Waals surface area contributed by atoms with E-state index in [1.54, 1.807) is 7.11 Å². The monoisotopic (exact) mass is 499 g/mol. The van der Waals surface area contributed by atoms with Crippen LogP contribution in [0.4, 0.5) is 0 Å². The summed E-state index contributed by atoms with van der Waals surface area (Å²) in [7, 11) is 11.4. The predicted octanol–water partition coefficient (Wildman–Crippen LogP) is 6.00. The van der Waals surface area contributed by atoms with Crippen molar-refractivity contribution in [1.29, 1.82) is 0 Å². The summed E-state index contributed by atoms with van der Waals surface area (Å²) in [6.07, 6.45) is 6.28. The van der Waals surface area contributed by atoms with Gasteiger partial charge in [-0.05, 0) is 12.1 Å². The van der Waals surface area contributed by atoms with Gasteiger partial charge in [0.25, 0.3) is 0 Å². The molecule has 1 fully saturated rings. The minimum Gasteiger partial charge on any atom is -0.675 e. The topological polar surface area (TPSA) is 56.8 Å². The quantitative estimate of drug-likeness (QED) is 0.492. The molecule has 0 amide bonds. The van der Waals surface area contributed by atoms with E-state index in [0.29, 0.717) is 6.54 Å². The van der Waals surface area contributed by atoms with Crippen molar-refractivity contribution in [2.24, 2.45) is 0 Å². The summed E-state index contributed by atoms with van der Waals surface area (Å²) >= 11 is -0.472. The molecular weight excluding hydrogens is 478 g/mol. The molecule has 0 atom stereocenters. The molecule has 1 aliphatic rings. The number of benzene rings is 1. The van der Waals surface area contributed by atoms with E-state index in [1.165, 1.54) is 19.3 Å². The molecular formula is C14H22Cl2N2OPt. The summed E-state index contributed by atoms with van der Waals surface area (Å²) in [6.45, 7) is 0.317. The van der Waals surface area contributed by atoms with Crippen LogP contribution in [0.1, 0.15) is 37.7 Å². The molecule has 2 N–H and O–H groups in total. The molecule has 0 spiro atoms. The maximum absolute atomic E-state index is 7.27. The zero-order valence-corrected chi connectivity index (χ0v) is 15.4. The molecule has 0 heterocycles.